The summed E-state index contributed by atoms with van der Waals surface area (Å²) in [5.41, 5.74) is 7.97. The number of carbonyl (C=O) groups excluding carboxylic acids is 1. The van der Waals surface area contributed by atoms with Gasteiger partial charge in [-0.1, -0.05) is 18.2 Å². The van der Waals surface area contributed by atoms with E-state index in [2.05, 4.69) is 5.32 Å². The second kappa shape index (κ2) is 7.59. The van der Waals surface area contributed by atoms with Crippen molar-refractivity contribution in [2.45, 2.75) is 18.4 Å². The molecule has 0 unspecified atom stereocenters. The molecular weight excluding hydrogens is 336 g/mol. The van der Waals surface area contributed by atoms with Gasteiger partial charge in [0.2, 0.25) is 0 Å². The van der Waals surface area contributed by atoms with Crippen LogP contribution in [0.15, 0.2) is 47.4 Å². The minimum Gasteiger partial charge on any atom is -0.326 e. The quantitative estimate of drug-likeness (QED) is 0.882. The highest BCUT2D eigenvalue weighted by molar-refractivity contribution is 7.90. The van der Waals surface area contributed by atoms with Crippen LogP contribution in [0.25, 0.3) is 0 Å². The Morgan fingerprint density at radius 3 is 2.48 bits per heavy atom. The van der Waals surface area contributed by atoms with Gasteiger partial charge in [-0.2, -0.15) is 0 Å². The van der Waals surface area contributed by atoms with E-state index >= 15 is 0 Å². The zero-order chi connectivity index (χ0) is 16.3. The highest BCUT2D eigenvalue weighted by Gasteiger charge is 2.13. The Morgan fingerprint density at radius 1 is 1.17 bits per heavy atom. The van der Waals surface area contributed by atoms with Crippen molar-refractivity contribution in [2.75, 3.05) is 11.6 Å². The molecule has 23 heavy (non-hydrogen) atoms. The molecular formula is C16H19ClN2O3S. The normalized spacial score (nSPS) is 10.7. The maximum absolute atomic E-state index is 12.2. The summed E-state index contributed by atoms with van der Waals surface area (Å²) < 4.78 is 23.4. The SMILES string of the molecule is Cc1ccc(NC(=O)c2cccc(CN)c2)cc1S(C)(=O)=O.Cl. The first-order valence-corrected chi connectivity index (χ1v) is 8.61. The van der Waals surface area contributed by atoms with Crippen molar-refractivity contribution in [2.24, 2.45) is 5.73 Å². The van der Waals surface area contributed by atoms with Crippen molar-refractivity contribution in [3.8, 4) is 0 Å². The highest BCUT2D eigenvalue weighted by atomic mass is 35.5. The summed E-state index contributed by atoms with van der Waals surface area (Å²) in [7, 11) is -3.33. The first kappa shape index (κ1) is 19.2. The van der Waals surface area contributed by atoms with E-state index in [4.69, 9.17) is 5.73 Å². The van der Waals surface area contributed by atoms with Gasteiger partial charge < -0.3 is 11.1 Å². The third-order valence-electron chi connectivity index (χ3n) is 3.27. The van der Waals surface area contributed by atoms with Crippen molar-refractivity contribution in [1.29, 1.82) is 0 Å². The molecule has 0 atom stereocenters. The van der Waals surface area contributed by atoms with Crippen LogP contribution < -0.4 is 11.1 Å². The van der Waals surface area contributed by atoms with Gasteiger partial charge in [0.15, 0.2) is 9.84 Å². The van der Waals surface area contributed by atoms with Crippen molar-refractivity contribution in [3.05, 3.63) is 59.2 Å². The second-order valence-electron chi connectivity index (χ2n) is 5.11. The number of amides is 1. The summed E-state index contributed by atoms with van der Waals surface area (Å²) in [6.45, 7) is 2.07. The number of nitrogens with two attached hydrogens (primary N) is 1. The van der Waals surface area contributed by atoms with Crippen LogP contribution in [0.3, 0.4) is 0 Å². The van der Waals surface area contributed by atoms with Gasteiger partial charge in [-0.05, 0) is 42.3 Å². The molecule has 0 bridgehead atoms. The second-order valence-corrected chi connectivity index (χ2v) is 7.10. The van der Waals surface area contributed by atoms with Crippen LogP contribution in [0.2, 0.25) is 0 Å². The van der Waals surface area contributed by atoms with Crippen molar-refractivity contribution in [3.63, 3.8) is 0 Å². The van der Waals surface area contributed by atoms with Gasteiger partial charge in [-0.3, -0.25) is 4.79 Å². The Kier molecular flexibility index (Phi) is 6.32. The number of rotatable bonds is 4. The maximum atomic E-state index is 12.2. The number of benzene rings is 2. The Morgan fingerprint density at radius 2 is 1.87 bits per heavy atom. The third-order valence-corrected chi connectivity index (χ3v) is 4.51. The summed E-state index contributed by atoms with van der Waals surface area (Å²) in [5.74, 6) is -0.307. The van der Waals surface area contributed by atoms with Crippen LogP contribution >= 0.6 is 12.4 Å². The Balaban J connectivity index is 0.00000264. The van der Waals surface area contributed by atoms with E-state index in [9.17, 15) is 13.2 Å². The highest BCUT2D eigenvalue weighted by Crippen LogP contribution is 2.20. The number of nitrogens with one attached hydrogen (secondary N) is 1. The monoisotopic (exact) mass is 354 g/mol. The first-order valence-electron chi connectivity index (χ1n) is 6.72. The van der Waals surface area contributed by atoms with Crippen LogP contribution in [-0.4, -0.2) is 20.6 Å². The fourth-order valence-electron chi connectivity index (χ4n) is 2.12. The standard InChI is InChI=1S/C16H18N2O3S.ClH/c1-11-6-7-14(9-15(11)22(2,20)21)18-16(19)13-5-3-4-12(8-13)10-17;/h3-9H,10,17H2,1-2H3,(H,18,19);1H. The molecule has 1 amide bonds. The van der Waals surface area contributed by atoms with Crippen molar-refractivity contribution >= 4 is 33.8 Å². The maximum Gasteiger partial charge on any atom is 0.255 e. The van der Waals surface area contributed by atoms with E-state index in [1.165, 1.54) is 6.07 Å². The fourth-order valence-corrected chi connectivity index (χ4v) is 3.11. The Labute approximate surface area is 142 Å². The number of carbonyl (C=O) groups is 1. The molecule has 0 aliphatic rings. The summed E-state index contributed by atoms with van der Waals surface area (Å²) in [6, 6.07) is 11.8. The molecule has 3 N–H and O–H groups in total. The van der Waals surface area contributed by atoms with Gasteiger partial charge in [-0.25, -0.2) is 8.42 Å². The molecule has 5 nitrogen and oxygen atoms in total. The van der Waals surface area contributed by atoms with Gasteiger partial charge in [0.25, 0.3) is 5.91 Å². The molecule has 0 spiro atoms. The molecule has 0 aliphatic heterocycles. The number of anilines is 1. The van der Waals surface area contributed by atoms with E-state index in [1.54, 1.807) is 37.3 Å². The van der Waals surface area contributed by atoms with Gasteiger partial charge in [-0.15, -0.1) is 12.4 Å². The molecule has 2 rings (SSSR count). The molecule has 124 valence electrons. The number of halogens is 1. The lowest BCUT2D eigenvalue weighted by atomic mass is 10.1. The van der Waals surface area contributed by atoms with Crippen molar-refractivity contribution in [1.82, 2.24) is 0 Å². The minimum atomic E-state index is -3.33. The average Bonchev–Trinajstić information content (AvgIpc) is 2.48. The first-order chi connectivity index (χ1) is 10.3. The third kappa shape index (κ3) is 4.79. The van der Waals surface area contributed by atoms with Crippen LogP contribution in [0.1, 0.15) is 21.5 Å². The summed E-state index contributed by atoms with van der Waals surface area (Å²) in [4.78, 5) is 12.4. The van der Waals surface area contributed by atoms with Crippen LogP contribution in [0, 0.1) is 6.92 Å². The summed E-state index contributed by atoms with van der Waals surface area (Å²) in [6.07, 6.45) is 1.14. The van der Waals surface area contributed by atoms with E-state index in [-0.39, 0.29) is 23.2 Å². The van der Waals surface area contributed by atoms with E-state index in [0.29, 0.717) is 23.4 Å². The fraction of sp³-hybridized carbons (Fsp3) is 0.188. The number of aryl methyl sites for hydroxylation is 1. The molecule has 0 aromatic heterocycles. The van der Waals surface area contributed by atoms with Gasteiger partial charge in [0.05, 0.1) is 4.90 Å². The van der Waals surface area contributed by atoms with Gasteiger partial charge in [0.1, 0.15) is 0 Å². The molecule has 0 fully saturated rings. The minimum absolute atomic E-state index is 0. The van der Waals surface area contributed by atoms with Gasteiger partial charge >= 0.3 is 0 Å². The van der Waals surface area contributed by atoms with Crippen LogP contribution in [-0.2, 0) is 16.4 Å². The Hall–Kier alpha value is -1.89. The van der Waals surface area contributed by atoms with Crippen molar-refractivity contribution < 1.29 is 13.2 Å². The Bertz CT molecular complexity index is 820. The zero-order valence-electron chi connectivity index (χ0n) is 12.9. The lowest BCUT2D eigenvalue weighted by molar-refractivity contribution is 0.102. The molecule has 0 saturated carbocycles. The number of hydrogen-bond acceptors (Lipinski definition) is 4. The van der Waals surface area contributed by atoms with Crippen LogP contribution in [0.5, 0.6) is 0 Å². The molecule has 2 aromatic rings. The summed E-state index contributed by atoms with van der Waals surface area (Å²) >= 11 is 0. The van der Waals surface area contributed by atoms with Gasteiger partial charge in [0, 0.05) is 24.1 Å². The lowest BCUT2D eigenvalue weighted by Gasteiger charge is -2.09. The molecule has 0 heterocycles. The number of hydrogen-bond donors (Lipinski definition) is 2. The van der Waals surface area contributed by atoms with E-state index < -0.39 is 9.84 Å². The smallest absolute Gasteiger partial charge is 0.255 e. The van der Waals surface area contributed by atoms with Crippen LogP contribution in [0.4, 0.5) is 5.69 Å². The molecule has 7 heteroatoms. The molecule has 0 aliphatic carbocycles. The zero-order valence-corrected chi connectivity index (χ0v) is 14.5. The molecule has 0 radical (unpaired) electrons. The van der Waals surface area contributed by atoms with E-state index in [0.717, 1.165) is 11.8 Å². The van der Waals surface area contributed by atoms with E-state index in [1.807, 2.05) is 6.07 Å². The predicted octanol–water partition coefficient (Wildman–Crippen LogP) is 2.53. The average molecular weight is 355 g/mol. The lowest BCUT2D eigenvalue weighted by Crippen LogP contribution is -2.13. The topological polar surface area (TPSA) is 89.3 Å². The molecule has 2 aromatic carbocycles. The largest absolute Gasteiger partial charge is 0.326 e. The number of sulfone groups is 1. The molecule has 0 saturated heterocycles. The summed E-state index contributed by atoms with van der Waals surface area (Å²) in [5, 5.41) is 2.71. The predicted molar refractivity (Wildman–Crippen MR) is 93.8 cm³/mol.